The van der Waals surface area contributed by atoms with Crippen molar-refractivity contribution in [3.8, 4) is 5.69 Å². The van der Waals surface area contributed by atoms with Gasteiger partial charge in [-0.25, -0.2) is 14.1 Å². The number of nitrogens with zero attached hydrogens (tertiary/aromatic N) is 4. The lowest BCUT2D eigenvalue weighted by Gasteiger charge is -2.43. The number of benzene rings is 2. The van der Waals surface area contributed by atoms with E-state index >= 15 is 0 Å². The van der Waals surface area contributed by atoms with Crippen LogP contribution in [-0.4, -0.2) is 43.9 Å². The lowest BCUT2D eigenvalue weighted by molar-refractivity contribution is -0.223. The molecule has 3 aromatic rings. The van der Waals surface area contributed by atoms with Crippen molar-refractivity contribution in [3.05, 3.63) is 87.6 Å². The summed E-state index contributed by atoms with van der Waals surface area (Å²) in [5.74, 6) is -0.373. The molecule has 0 saturated carbocycles. The van der Waals surface area contributed by atoms with Crippen LogP contribution in [0.15, 0.2) is 59.4 Å². The van der Waals surface area contributed by atoms with E-state index in [1.54, 1.807) is 22.9 Å². The molecule has 35 heavy (non-hydrogen) atoms. The molecular weight excluding hydrogens is 447 g/mol. The standard InChI is InChI=1S/C27H31FN4O3/c1-20-23(26(34)31(29(20)2)22-9-4-3-5-10-22)18-30-16-14-27(15-17-30)13-12-25(33)32(27)35-19-21-8-6-7-11-24(21)28/h3-11H,12-19H2,1-2H3. The second-order valence-corrected chi connectivity index (χ2v) is 9.59. The number of hydrogen-bond donors (Lipinski definition) is 0. The van der Waals surface area contributed by atoms with Crippen LogP contribution in [0.4, 0.5) is 4.39 Å². The summed E-state index contributed by atoms with van der Waals surface area (Å²) < 4.78 is 17.7. The minimum absolute atomic E-state index is 0.00220. The van der Waals surface area contributed by atoms with E-state index < -0.39 is 0 Å². The lowest BCUT2D eigenvalue weighted by atomic mass is 9.86. The van der Waals surface area contributed by atoms with E-state index in [0.29, 0.717) is 18.5 Å². The molecule has 2 fully saturated rings. The van der Waals surface area contributed by atoms with Gasteiger partial charge in [-0.2, -0.15) is 0 Å². The Hall–Kier alpha value is -3.23. The number of amides is 1. The van der Waals surface area contributed by atoms with Crippen LogP contribution in [-0.2, 0) is 29.8 Å². The molecule has 1 spiro atoms. The molecule has 8 heteroatoms. The summed E-state index contributed by atoms with van der Waals surface area (Å²) in [4.78, 5) is 34.1. The molecule has 2 aliphatic heterocycles. The van der Waals surface area contributed by atoms with E-state index in [9.17, 15) is 14.0 Å². The predicted molar refractivity (Wildman–Crippen MR) is 130 cm³/mol. The van der Waals surface area contributed by atoms with Gasteiger partial charge in [0.25, 0.3) is 5.56 Å². The first-order valence-corrected chi connectivity index (χ1v) is 12.1. The molecule has 0 radical (unpaired) electrons. The number of aromatic nitrogens is 2. The molecule has 1 amide bonds. The highest BCUT2D eigenvalue weighted by Gasteiger charge is 2.48. The van der Waals surface area contributed by atoms with E-state index in [-0.39, 0.29) is 29.4 Å². The molecule has 2 aromatic carbocycles. The summed E-state index contributed by atoms with van der Waals surface area (Å²) in [6.07, 6.45) is 2.70. The van der Waals surface area contributed by atoms with Gasteiger partial charge in [0.1, 0.15) is 12.4 Å². The minimum atomic E-state index is -0.366. The van der Waals surface area contributed by atoms with Crippen LogP contribution in [0, 0.1) is 12.7 Å². The molecule has 3 heterocycles. The van der Waals surface area contributed by atoms with Crippen LogP contribution in [0.2, 0.25) is 0 Å². The summed E-state index contributed by atoms with van der Waals surface area (Å²) in [6, 6.07) is 16.1. The van der Waals surface area contributed by atoms with Crippen LogP contribution in [0.5, 0.6) is 0 Å². The molecule has 5 rings (SSSR count). The van der Waals surface area contributed by atoms with E-state index in [1.165, 1.54) is 11.1 Å². The first-order chi connectivity index (χ1) is 16.9. The fourth-order valence-corrected chi connectivity index (χ4v) is 5.38. The Bertz CT molecular complexity index is 1280. The number of hydrogen-bond acceptors (Lipinski definition) is 4. The van der Waals surface area contributed by atoms with Crippen molar-refractivity contribution in [1.29, 1.82) is 0 Å². The molecular formula is C27H31FN4O3. The Morgan fingerprint density at radius 3 is 2.37 bits per heavy atom. The maximum atomic E-state index is 14.0. The van der Waals surface area contributed by atoms with E-state index in [4.69, 9.17) is 4.84 Å². The quantitative estimate of drug-likeness (QED) is 0.542. The van der Waals surface area contributed by atoms with Crippen molar-refractivity contribution in [3.63, 3.8) is 0 Å². The fourth-order valence-electron chi connectivity index (χ4n) is 5.38. The maximum absolute atomic E-state index is 14.0. The van der Waals surface area contributed by atoms with Crippen molar-refractivity contribution >= 4 is 5.91 Å². The van der Waals surface area contributed by atoms with Gasteiger partial charge < -0.3 is 0 Å². The summed E-state index contributed by atoms with van der Waals surface area (Å²) in [5, 5.41) is 1.52. The molecule has 0 bridgehead atoms. The summed E-state index contributed by atoms with van der Waals surface area (Å²) in [6.45, 7) is 4.10. The highest BCUT2D eigenvalue weighted by molar-refractivity contribution is 5.78. The van der Waals surface area contributed by atoms with Gasteiger partial charge in [0, 0.05) is 44.4 Å². The van der Waals surface area contributed by atoms with Gasteiger partial charge in [-0.15, -0.1) is 0 Å². The maximum Gasteiger partial charge on any atom is 0.276 e. The molecule has 184 valence electrons. The van der Waals surface area contributed by atoms with Crippen molar-refractivity contribution in [2.45, 2.75) is 51.3 Å². The minimum Gasteiger partial charge on any atom is -0.299 e. The zero-order chi connectivity index (χ0) is 24.6. The SMILES string of the molecule is Cc1c(CN2CCC3(CCC(=O)N3OCc3ccccc3F)CC2)c(=O)n(-c2ccccc2)n1C. The zero-order valence-corrected chi connectivity index (χ0v) is 20.2. The molecule has 2 aliphatic rings. The van der Waals surface area contributed by atoms with Crippen molar-refractivity contribution in [2.24, 2.45) is 7.05 Å². The molecule has 0 N–H and O–H groups in total. The second-order valence-electron chi connectivity index (χ2n) is 9.59. The number of carbonyl (C=O) groups excluding carboxylic acids is 1. The molecule has 1 aromatic heterocycles. The number of halogens is 1. The summed E-state index contributed by atoms with van der Waals surface area (Å²) in [7, 11) is 1.91. The van der Waals surface area contributed by atoms with Gasteiger partial charge >= 0.3 is 0 Å². The monoisotopic (exact) mass is 478 g/mol. The second kappa shape index (κ2) is 9.43. The Balaban J connectivity index is 1.28. The first-order valence-electron chi connectivity index (χ1n) is 12.1. The van der Waals surface area contributed by atoms with Gasteiger partial charge in [-0.05, 0) is 44.4 Å². The van der Waals surface area contributed by atoms with Gasteiger partial charge in [0.05, 0.1) is 16.8 Å². The summed E-state index contributed by atoms with van der Waals surface area (Å²) >= 11 is 0. The van der Waals surface area contributed by atoms with Gasteiger partial charge in [-0.1, -0.05) is 36.4 Å². The number of carbonyl (C=O) groups is 1. The van der Waals surface area contributed by atoms with Gasteiger partial charge in [0.2, 0.25) is 5.91 Å². The van der Waals surface area contributed by atoms with E-state index in [1.807, 2.05) is 49.0 Å². The zero-order valence-electron chi connectivity index (χ0n) is 20.2. The Morgan fingerprint density at radius 2 is 1.66 bits per heavy atom. The van der Waals surface area contributed by atoms with Crippen molar-refractivity contribution in [1.82, 2.24) is 19.3 Å². The molecule has 2 saturated heterocycles. The highest BCUT2D eigenvalue weighted by Crippen LogP contribution is 2.40. The normalized spacial score (nSPS) is 18.0. The highest BCUT2D eigenvalue weighted by atomic mass is 19.1. The molecule has 0 aliphatic carbocycles. The van der Waals surface area contributed by atoms with Gasteiger partial charge in [0.15, 0.2) is 0 Å². The largest absolute Gasteiger partial charge is 0.299 e. The van der Waals surface area contributed by atoms with E-state index in [2.05, 4.69) is 4.90 Å². The fraction of sp³-hybridized carbons (Fsp3) is 0.407. The Morgan fingerprint density at radius 1 is 0.971 bits per heavy atom. The van der Waals surface area contributed by atoms with E-state index in [0.717, 1.165) is 49.3 Å². The Labute approximate surface area is 204 Å². The van der Waals surface area contributed by atoms with Crippen molar-refractivity contribution in [2.75, 3.05) is 13.1 Å². The number of piperidine rings is 1. The summed E-state index contributed by atoms with van der Waals surface area (Å²) in [5.41, 5.74) is 2.66. The first kappa shape index (κ1) is 23.5. The average molecular weight is 479 g/mol. The third-order valence-electron chi connectivity index (χ3n) is 7.61. The lowest BCUT2D eigenvalue weighted by Crippen LogP contribution is -2.53. The Kier molecular flexibility index (Phi) is 6.34. The van der Waals surface area contributed by atoms with Gasteiger partial charge in [-0.3, -0.25) is 24.0 Å². The smallest absolute Gasteiger partial charge is 0.276 e. The van der Waals surface area contributed by atoms with Crippen molar-refractivity contribution < 1.29 is 14.0 Å². The third kappa shape index (κ3) is 4.32. The number of likely N-dealkylation sites (tertiary alicyclic amines) is 1. The van der Waals surface area contributed by atoms with Crippen LogP contribution in [0.1, 0.15) is 42.5 Å². The topological polar surface area (TPSA) is 59.7 Å². The van der Waals surface area contributed by atoms with Crippen LogP contribution < -0.4 is 5.56 Å². The van der Waals surface area contributed by atoms with Crippen LogP contribution in [0.3, 0.4) is 0 Å². The number of para-hydroxylation sites is 1. The third-order valence-corrected chi connectivity index (χ3v) is 7.61. The average Bonchev–Trinajstić information content (AvgIpc) is 3.28. The molecule has 7 nitrogen and oxygen atoms in total. The van der Waals surface area contributed by atoms with Crippen LogP contribution >= 0.6 is 0 Å². The molecule has 0 atom stereocenters. The number of hydroxylamine groups is 2. The van der Waals surface area contributed by atoms with Crippen LogP contribution in [0.25, 0.3) is 5.69 Å². The number of rotatable bonds is 6. The predicted octanol–water partition coefficient (Wildman–Crippen LogP) is 3.71. The molecule has 0 unspecified atom stereocenters.